The number of carbonyl (C=O) groups excluding carboxylic acids is 2. The van der Waals surface area contributed by atoms with E-state index >= 15 is 0 Å². The van der Waals surface area contributed by atoms with Crippen LogP contribution in [0.5, 0.6) is 0 Å². The topological polar surface area (TPSA) is 102 Å². The Morgan fingerprint density at radius 1 is 1.19 bits per heavy atom. The lowest BCUT2D eigenvalue weighted by molar-refractivity contribution is -0.263. The van der Waals surface area contributed by atoms with Gasteiger partial charge in [-0.1, -0.05) is 0 Å². The molecule has 0 saturated carbocycles. The molecule has 1 unspecified atom stereocenters. The molecule has 0 amide bonds. The predicted molar refractivity (Wildman–Crippen MR) is 49.1 cm³/mol. The fraction of sp³-hybridized carbons (Fsp3) is 0.778. The molecule has 0 spiro atoms. The average molecular weight is 234 g/mol. The number of ether oxygens (including phenoxy) is 3. The van der Waals surface area contributed by atoms with E-state index in [1.807, 2.05) is 0 Å². The molecule has 1 aliphatic rings. The molecule has 4 atom stereocenters. The Morgan fingerprint density at radius 2 is 1.75 bits per heavy atom. The van der Waals surface area contributed by atoms with Gasteiger partial charge in [-0.15, -0.1) is 0 Å². The minimum absolute atomic E-state index is 0.153. The smallest absolute Gasteiger partial charge is 0.303 e. The van der Waals surface area contributed by atoms with Gasteiger partial charge in [0.1, 0.15) is 6.10 Å². The van der Waals surface area contributed by atoms with Crippen LogP contribution in [-0.2, 0) is 23.8 Å². The van der Waals surface area contributed by atoms with E-state index in [0.29, 0.717) is 0 Å². The average Bonchev–Trinajstić information content (AvgIpc) is 2.16. The Kier molecular flexibility index (Phi) is 4.22. The number of rotatable bonds is 2. The van der Waals surface area contributed by atoms with Crippen molar-refractivity contribution in [2.45, 2.75) is 38.4 Å². The van der Waals surface area contributed by atoms with E-state index in [9.17, 15) is 19.8 Å². The molecule has 1 saturated heterocycles. The highest BCUT2D eigenvalue weighted by Gasteiger charge is 2.42. The molecule has 1 fully saturated rings. The Hall–Kier alpha value is -1.18. The quantitative estimate of drug-likeness (QED) is 0.564. The highest BCUT2D eigenvalue weighted by Crippen LogP contribution is 2.19. The van der Waals surface area contributed by atoms with Gasteiger partial charge in [0, 0.05) is 13.8 Å². The summed E-state index contributed by atoms with van der Waals surface area (Å²) in [5.41, 5.74) is 0. The van der Waals surface area contributed by atoms with Crippen molar-refractivity contribution in [3.05, 3.63) is 0 Å². The number of carbonyl (C=O) groups is 2. The minimum atomic E-state index is -1.43. The number of esters is 2. The molecule has 0 bridgehead atoms. The number of hydrogen-bond acceptors (Lipinski definition) is 7. The monoisotopic (exact) mass is 234 g/mol. The first-order chi connectivity index (χ1) is 7.41. The fourth-order valence-electron chi connectivity index (χ4n) is 1.40. The number of aliphatic hydroxyl groups excluding tert-OH is 2. The third kappa shape index (κ3) is 3.16. The predicted octanol–water partition coefficient (Wildman–Crippen LogP) is -1.44. The maximum atomic E-state index is 10.7. The summed E-state index contributed by atoms with van der Waals surface area (Å²) in [5.74, 6) is -1.26. The lowest BCUT2D eigenvalue weighted by atomic mass is 10.1. The van der Waals surface area contributed by atoms with E-state index in [-0.39, 0.29) is 6.61 Å². The van der Waals surface area contributed by atoms with Gasteiger partial charge in [0.2, 0.25) is 0 Å². The third-order valence-corrected chi connectivity index (χ3v) is 2.05. The summed E-state index contributed by atoms with van der Waals surface area (Å²) < 4.78 is 14.2. The second-order valence-corrected chi connectivity index (χ2v) is 3.44. The first kappa shape index (κ1) is 12.9. The van der Waals surface area contributed by atoms with Crippen LogP contribution >= 0.6 is 0 Å². The highest BCUT2D eigenvalue weighted by atomic mass is 16.7. The number of hydrogen-bond donors (Lipinski definition) is 2. The molecule has 1 aliphatic heterocycles. The fourth-order valence-corrected chi connectivity index (χ4v) is 1.40. The summed E-state index contributed by atoms with van der Waals surface area (Å²) in [6.45, 7) is 2.16. The SMILES string of the molecule is CC(=O)O[C@@H]1COC(O)[C@H](OC(C)=O)[C@H]1O. The second kappa shape index (κ2) is 5.24. The maximum absolute atomic E-state index is 10.7. The molecule has 0 aliphatic carbocycles. The van der Waals surface area contributed by atoms with Crippen LogP contribution in [0.15, 0.2) is 0 Å². The van der Waals surface area contributed by atoms with Gasteiger partial charge in [-0.25, -0.2) is 0 Å². The first-order valence-corrected chi connectivity index (χ1v) is 4.74. The summed E-state index contributed by atoms with van der Waals surface area (Å²) in [6.07, 6.45) is -4.94. The molecule has 2 N–H and O–H groups in total. The summed E-state index contributed by atoms with van der Waals surface area (Å²) in [6, 6.07) is 0. The van der Waals surface area contributed by atoms with Gasteiger partial charge in [-0.05, 0) is 0 Å². The van der Waals surface area contributed by atoms with Crippen LogP contribution in [0.1, 0.15) is 13.8 Å². The van der Waals surface area contributed by atoms with Gasteiger partial charge in [-0.3, -0.25) is 9.59 Å². The van der Waals surface area contributed by atoms with E-state index in [0.717, 1.165) is 6.92 Å². The van der Waals surface area contributed by atoms with Crippen molar-refractivity contribution in [2.75, 3.05) is 6.61 Å². The zero-order valence-electron chi connectivity index (χ0n) is 8.95. The molecule has 0 aromatic rings. The minimum Gasteiger partial charge on any atom is -0.457 e. The van der Waals surface area contributed by atoms with Gasteiger partial charge >= 0.3 is 11.9 Å². The van der Waals surface area contributed by atoms with Crippen LogP contribution in [0, 0.1) is 0 Å². The maximum Gasteiger partial charge on any atom is 0.303 e. The second-order valence-electron chi connectivity index (χ2n) is 3.44. The molecular weight excluding hydrogens is 220 g/mol. The van der Waals surface area contributed by atoms with Crippen LogP contribution in [0.2, 0.25) is 0 Å². The zero-order chi connectivity index (χ0) is 12.3. The molecule has 0 aromatic heterocycles. The standard InChI is InChI=1S/C9H14O7/c1-4(10)15-6-3-14-9(13)8(7(6)12)16-5(2)11/h6-9,12-13H,3H2,1-2H3/t6-,7+,8-,9?/m1/s1. The molecule has 16 heavy (non-hydrogen) atoms. The van der Waals surface area contributed by atoms with Gasteiger partial charge in [0.15, 0.2) is 18.5 Å². The van der Waals surface area contributed by atoms with Gasteiger partial charge in [-0.2, -0.15) is 0 Å². The van der Waals surface area contributed by atoms with Gasteiger partial charge < -0.3 is 24.4 Å². The molecule has 1 heterocycles. The molecule has 1 rings (SSSR count). The summed E-state index contributed by atoms with van der Waals surface area (Å²) in [7, 11) is 0. The largest absolute Gasteiger partial charge is 0.457 e. The van der Waals surface area contributed by atoms with Crippen LogP contribution < -0.4 is 0 Å². The van der Waals surface area contributed by atoms with Crippen LogP contribution in [-0.4, -0.2) is 53.4 Å². The molecule has 92 valence electrons. The Labute approximate surface area is 91.9 Å². The van der Waals surface area contributed by atoms with Crippen molar-refractivity contribution >= 4 is 11.9 Å². The zero-order valence-corrected chi connectivity index (χ0v) is 8.95. The summed E-state index contributed by atoms with van der Waals surface area (Å²) in [4.78, 5) is 21.4. The lowest BCUT2D eigenvalue weighted by Gasteiger charge is -2.36. The van der Waals surface area contributed by atoms with Gasteiger partial charge in [0.05, 0.1) is 6.61 Å². The molecule has 0 radical (unpaired) electrons. The van der Waals surface area contributed by atoms with Crippen LogP contribution in [0.4, 0.5) is 0 Å². The Balaban J connectivity index is 2.66. The van der Waals surface area contributed by atoms with Crippen molar-refractivity contribution in [3.63, 3.8) is 0 Å². The molecule has 7 heteroatoms. The molecule has 7 nitrogen and oxygen atoms in total. The Morgan fingerprint density at radius 3 is 2.25 bits per heavy atom. The molecular formula is C9H14O7. The lowest BCUT2D eigenvalue weighted by Crippen LogP contribution is -2.55. The first-order valence-electron chi connectivity index (χ1n) is 4.74. The normalized spacial score (nSPS) is 34.2. The van der Waals surface area contributed by atoms with Crippen molar-refractivity contribution in [1.29, 1.82) is 0 Å². The van der Waals surface area contributed by atoms with E-state index < -0.39 is 36.5 Å². The van der Waals surface area contributed by atoms with Crippen LogP contribution in [0.25, 0.3) is 0 Å². The number of aliphatic hydroxyl groups is 2. The third-order valence-electron chi connectivity index (χ3n) is 2.05. The Bertz CT molecular complexity index is 277. The van der Waals surface area contributed by atoms with E-state index in [1.165, 1.54) is 6.92 Å². The highest BCUT2D eigenvalue weighted by molar-refractivity contribution is 5.67. The van der Waals surface area contributed by atoms with Crippen molar-refractivity contribution in [2.24, 2.45) is 0 Å². The summed E-state index contributed by atoms with van der Waals surface area (Å²) >= 11 is 0. The van der Waals surface area contributed by atoms with Crippen molar-refractivity contribution in [1.82, 2.24) is 0 Å². The van der Waals surface area contributed by atoms with E-state index in [1.54, 1.807) is 0 Å². The van der Waals surface area contributed by atoms with Gasteiger partial charge in [0.25, 0.3) is 0 Å². The van der Waals surface area contributed by atoms with E-state index in [2.05, 4.69) is 4.74 Å². The summed E-state index contributed by atoms with van der Waals surface area (Å²) in [5, 5.41) is 19.0. The van der Waals surface area contributed by atoms with Crippen LogP contribution in [0.3, 0.4) is 0 Å². The van der Waals surface area contributed by atoms with Crippen molar-refractivity contribution < 1.29 is 34.0 Å². The van der Waals surface area contributed by atoms with E-state index in [4.69, 9.17) is 9.47 Å². The van der Waals surface area contributed by atoms with Crippen molar-refractivity contribution in [3.8, 4) is 0 Å². The molecule has 0 aromatic carbocycles.